The Hall–Kier alpha value is -2.59. The normalized spacial score (nSPS) is 20.2. The zero-order valence-corrected chi connectivity index (χ0v) is 13.3. The van der Waals surface area contributed by atoms with Crippen LogP contribution in [0.3, 0.4) is 0 Å². The molecule has 0 saturated carbocycles. The number of azo groups is 1. The predicted molar refractivity (Wildman–Crippen MR) is 91.6 cm³/mol. The second-order valence-electron chi connectivity index (χ2n) is 5.54. The zero-order valence-electron chi connectivity index (χ0n) is 13.3. The molecule has 2 aliphatic rings. The van der Waals surface area contributed by atoms with E-state index in [0.717, 1.165) is 17.8 Å². The summed E-state index contributed by atoms with van der Waals surface area (Å²) in [5.41, 5.74) is 4.15. The minimum atomic E-state index is -0.0207. The highest BCUT2D eigenvalue weighted by atomic mass is 16.1. The summed E-state index contributed by atoms with van der Waals surface area (Å²) in [6, 6.07) is 7.85. The quantitative estimate of drug-likeness (QED) is 0.856. The SMILES string of the molecule is CCNC1C=CC(N=Nc2ccc(C)cc2)=C2C(=O)C=CC=C21. The van der Waals surface area contributed by atoms with Gasteiger partial charge >= 0.3 is 0 Å². The van der Waals surface area contributed by atoms with Crippen LogP contribution in [0.5, 0.6) is 0 Å². The molecule has 1 unspecified atom stereocenters. The smallest absolute Gasteiger partial charge is 0.188 e. The number of nitrogens with zero attached hydrogens (tertiary/aromatic N) is 2. The van der Waals surface area contributed by atoms with Gasteiger partial charge in [-0.05, 0) is 43.3 Å². The molecule has 2 aliphatic carbocycles. The van der Waals surface area contributed by atoms with E-state index >= 15 is 0 Å². The molecule has 116 valence electrons. The molecule has 0 fully saturated rings. The van der Waals surface area contributed by atoms with Crippen LogP contribution in [0.2, 0.25) is 0 Å². The van der Waals surface area contributed by atoms with Crippen molar-refractivity contribution in [2.75, 3.05) is 6.54 Å². The Morgan fingerprint density at radius 2 is 1.91 bits per heavy atom. The summed E-state index contributed by atoms with van der Waals surface area (Å²) in [5.74, 6) is -0.0207. The monoisotopic (exact) mass is 305 g/mol. The van der Waals surface area contributed by atoms with E-state index in [0.29, 0.717) is 11.3 Å². The molecule has 23 heavy (non-hydrogen) atoms. The van der Waals surface area contributed by atoms with Gasteiger partial charge in [0.1, 0.15) is 0 Å². The number of benzene rings is 1. The van der Waals surface area contributed by atoms with E-state index in [4.69, 9.17) is 0 Å². The number of carbonyl (C=O) groups excluding carboxylic acids is 1. The third-order valence-corrected chi connectivity index (χ3v) is 3.83. The molecule has 1 N–H and O–H groups in total. The number of fused-ring (bicyclic) bond motifs is 1. The van der Waals surface area contributed by atoms with E-state index < -0.39 is 0 Å². The maximum Gasteiger partial charge on any atom is 0.188 e. The molecule has 0 bridgehead atoms. The van der Waals surface area contributed by atoms with E-state index in [1.807, 2.05) is 56.3 Å². The van der Waals surface area contributed by atoms with Crippen LogP contribution in [-0.4, -0.2) is 18.4 Å². The standard InChI is InChI=1S/C19H19N3O/c1-3-20-16-11-12-17(19-15(16)5-4-6-18(19)23)22-21-14-9-7-13(2)8-10-14/h4-12,16,20H,3H2,1-2H3. The van der Waals surface area contributed by atoms with Gasteiger partial charge in [0.25, 0.3) is 0 Å². The van der Waals surface area contributed by atoms with E-state index in [1.165, 1.54) is 5.56 Å². The number of ketones is 1. The number of rotatable bonds is 4. The van der Waals surface area contributed by atoms with Crippen LogP contribution in [0, 0.1) is 6.92 Å². The highest BCUT2D eigenvalue weighted by molar-refractivity contribution is 6.10. The van der Waals surface area contributed by atoms with Gasteiger partial charge in [0.05, 0.1) is 23.0 Å². The molecule has 4 nitrogen and oxygen atoms in total. The molecular formula is C19H19N3O. The first-order valence-electron chi connectivity index (χ1n) is 7.76. The molecule has 3 rings (SSSR count). The molecule has 1 aromatic rings. The Morgan fingerprint density at radius 1 is 1.13 bits per heavy atom. The summed E-state index contributed by atoms with van der Waals surface area (Å²) in [4.78, 5) is 12.3. The third kappa shape index (κ3) is 3.27. The van der Waals surface area contributed by atoms with Crippen molar-refractivity contribution in [3.05, 3.63) is 77.1 Å². The van der Waals surface area contributed by atoms with Crippen LogP contribution in [0.1, 0.15) is 12.5 Å². The lowest BCUT2D eigenvalue weighted by molar-refractivity contribution is -0.111. The van der Waals surface area contributed by atoms with Gasteiger partial charge in [0, 0.05) is 0 Å². The van der Waals surface area contributed by atoms with E-state index in [-0.39, 0.29) is 11.8 Å². The van der Waals surface area contributed by atoms with Gasteiger partial charge in [-0.2, -0.15) is 5.11 Å². The van der Waals surface area contributed by atoms with Crippen LogP contribution in [0.4, 0.5) is 5.69 Å². The summed E-state index contributed by atoms with van der Waals surface area (Å²) in [5, 5.41) is 11.9. The Balaban J connectivity index is 1.94. The minimum Gasteiger partial charge on any atom is -0.307 e. The lowest BCUT2D eigenvalue weighted by atomic mass is 9.86. The van der Waals surface area contributed by atoms with Crippen LogP contribution in [0.25, 0.3) is 0 Å². The summed E-state index contributed by atoms with van der Waals surface area (Å²) in [7, 11) is 0. The minimum absolute atomic E-state index is 0.0207. The topological polar surface area (TPSA) is 53.8 Å². The van der Waals surface area contributed by atoms with Crippen LogP contribution in [0.15, 0.2) is 81.7 Å². The molecular weight excluding hydrogens is 286 g/mol. The first kappa shape index (κ1) is 15.3. The number of nitrogens with one attached hydrogen (secondary N) is 1. The largest absolute Gasteiger partial charge is 0.307 e. The fourth-order valence-electron chi connectivity index (χ4n) is 2.66. The lowest BCUT2D eigenvalue weighted by Gasteiger charge is -2.25. The van der Waals surface area contributed by atoms with E-state index in [2.05, 4.69) is 15.5 Å². The first-order chi connectivity index (χ1) is 11.2. The number of allylic oxidation sites excluding steroid dienone is 4. The Morgan fingerprint density at radius 3 is 2.65 bits per heavy atom. The van der Waals surface area contributed by atoms with Gasteiger partial charge in [0.15, 0.2) is 5.78 Å². The average Bonchev–Trinajstić information content (AvgIpc) is 2.56. The van der Waals surface area contributed by atoms with Gasteiger partial charge in [0.2, 0.25) is 0 Å². The van der Waals surface area contributed by atoms with Gasteiger partial charge < -0.3 is 5.32 Å². The highest BCUT2D eigenvalue weighted by Crippen LogP contribution is 2.30. The van der Waals surface area contributed by atoms with Gasteiger partial charge in [-0.25, -0.2) is 0 Å². The molecule has 4 heteroatoms. The molecule has 0 heterocycles. The Kier molecular flexibility index (Phi) is 4.44. The van der Waals surface area contributed by atoms with Crippen LogP contribution < -0.4 is 5.32 Å². The molecule has 0 spiro atoms. The zero-order chi connectivity index (χ0) is 16.2. The van der Waals surface area contributed by atoms with Crippen molar-refractivity contribution in [3.8, 4) is 0 Å². The summed E-state index contributed by atoms with van der Waals surface area (Å²) in [6.45, 7) is 4.91. The molecule has 0 aromatic heterocycles. The first-order valence-corrected chi connectivity index (χ1v) is 7.76. The number of hydrogen-bond acceptors (Lipinski definition) is 4. The van der Waals surface area contributed by atoms with Crippen molar-refractivity contribution >= 4 is 11.5 Å². The van der Waals surface area contributed by atoms with Gasteiger partial charge in [-0.3, -0.25) is 4.79 Å². The second kappa shape index (κ2) is 6.67. The molecule has 0 amide bonds. The maximum atomic E-state index is 12.3. The predicted octanol–water partition coefficient (Wildman–Crippen LogP) is 3.95. The summed E-state index contributed by atoms with van der Waals surface area (Å²) in [6.07, 6.45) is 9.22. The number of hydrogen-bond donors (Lipinski definition) is 1. The van der Waals surface area contributed by atoms with Crippen molar-refractivity contribution in [2.45, 2.75) is 19.9 Å². The van der Waals surface area contributed by atoms with Crippen molar-refractivity contribution in [2.24, 2.45) is 10.2 Å². The van der Waals surface area contributed by atoms with Gasteiger partial charge in [-0.1, -0.05) is 42.8 Å². The lowest BCUT2D eigenvalue weighted by Crippen LogP contribution is -2.33. The number of carbonyl (C=O) groups is 1. The average molecular weight is 305 g/mol. The summed E-state index contributed by atoms with van der Waals surface area (Å²) < 4.78 is 0. The van der Waals surface area contributed by atoms with Crippen molar-refractivity contribution in [3.63, 3.8) is 0 Å². The Bertz CT molecular complexity index is 764. The second-order valence-corrected chi connectivity index (χ2v) is 5.54. The van der Waals surface area contributed by atoms with E-state index in [9.17, 15) is 4.79 Å². The van der Waals surface area contributed by atoms with Crippen LogP contribution in [-0.2, 0) is 4.79 Å². The molecule has 0 radical (unpaired) electrons. The molecule has 1 atom stereocenters. The van der Waals surface area contributed by atoms with E-state index in [1.54, 1.807) is 12.2 Å². The number of aryl methyl sites for hydroxylation is 1. The van der Waals surface area contributed by atoms with Gasteiger partial charge in [-0.15, -0.1) is 5.11 Å². The highest BCUT2D eigenvalue weighted by Gasteiger charge is 2.27. The fraction of sp³-hybridized carbons (Fsp3) is 0.211. The van der Waals surface area contributed by atoms with Crippen molar-refractivity contribution in [1.82, 2.24) is 5.32 Å². The molecule has 1 aromatic carbocycles. The summed E-state index contributed by atoms with van der Waals surface area (Å²) >= 11 is 0. The maximum absolute atomic E-state index is 12.3. The molecule has 0 saturated heterocycles. The number of likely N-dealkylation sites (N-methyl/N-ethyl adjacent to an activating group) is 1. The van der Waals surface area contributed by atoms with Crippen LogP contribution >= 0.6 is 0 Å². The Labute approximate surface area is 136 Å². The molecule has 0 aliphatic heterocycles. The fourth-order valence-corrected chi connectivity index (χ4v) is 2.66. The van der Waals surface area contributed by atoms with Crippen molar-refractivity contribution in [1.29, 1.82) is 0 Å². The van der Waals surface area contributed by atoms with Crippen molar-refractivity contribution < 1.29 is 4.79 Å². The third-order valence-electron chi connectivity index (χ3n) is 3.83.